The number of hydrogen-bond donors (Lipinski definition) is 1. The molecule has 0 bridgehead atoms. The van der Waals surface area contributed by atoms with E-state index in [-0.39, 0.29) is 11.9 Å². The molecule has 0 amide bonds. The first-order valence-electron chi connectivity index (χ1n) is 4.81. The second-order valence-electron chi connectivity index (χ2n) is 3.67. The van der Waals surface area contributed by atoms with Crippen molar-refractivity contribution in [2.45, 2.75) is 19.4 Å². The lowest BCUT2D eigenvalue weighted by Gasteiger charge is -2.18. The third-order valence-electron chi connectivity index (χ3n) is 2.24. The van der Waals surface area contributed by atoms with Crippen molar-refractivity contribution in [1.82, 2.24) is 5.32 Å². The van der Waals surface area contributed by atoms with Gasteiger partial charge in [-0.2, -0.15) is 0 Å². The van der Waals surface area contributed by atoms with Gasteiger partial charge >= 0.3 is 0 Å². The summed E-state index contributed by atoms with van der Waals surface area (Å²) in [6.45, 7) is 5.90. The summed E-state index contributed by atoms with van der Waals surface area (Å²) < 4.78 is 13.9. The molecule has 0 aliphatic rings. The molecule has 0 heterocycles. The third kappa shape index (κ3) is 3.57. The molecule has 0 saturated heterocycles. The van der Waals surface area contributed by atoms with Crippen molar-refractivity contribution in [3.63, 3.8) is 0 Å². The van der Waals surface area contributed by atoms with Gasteiger partial charge in [0.2, 0.25) is 0 Å². The van der Waals surface area contributed by atoms with Crippen molar-refractivity contribution in [3.8, 4) is 0 Å². The Morgan fingerprint density at radius 1 is 1.60 bits per heavy atom. The number of nitrogens with one attached hydrogen (secondary N) is 1. The van der Waals surface area contributed by atoms with E-state index in [9.17, 15) is 4.39 Å². The van der Waals surface area contributed by atoms with Gasteiger partial charge in [0.05, 0.1) is 0 Å². The summed E-state index contributed by atoms with van der Waals surface area (Å²) in [5.74, 6) is -0.187. The predicted octanol–water partition coefficient (Wildman–Crippen LogP) is 3.66. The van der Waals surface area contributed by atoms with Crippen LogP contribution in [-0.4, -0.2) is 7.05 Å². The Kier molecular flexibility index (Phi) is 4.73. The average molecular weight is 319 g/mol. The van der Waals surface area contributed by atoms with Crippen molar-refractivity contribution in [1.29, 1.82) is 0 Å². The van der Waals surface area contributed by atoms with E-state index in [1.54, 1.807) is 6.07 Å². The van der Waals surface area contributed by atoms with Gasteiger partial charge in [-0.1, -0.05) is 11.6 Å². The summed E-state index contributed by atoms with van der Waals surface area (Å²) >= 11 is 2.16. The number of halogens is 2. The van der Waals surface area contributed by atoms with E-state index in [4.69, 9.17) is 0 Å². The summed E-state index contributed by atoms with van der Waals surface area (Å²) in [7, 11) is 1.91. The molecule has 1 N–H and O–H groups in total. The Labute approximate surface area is 104 Å². The Morgan fingerprint density at radius 3 is 2.73 bits per heavy atom. The molecule has 0 aliphatic carbocycles. The van der Waals surface area contributed by atoms with Crippen molar-refractivity contribution in [3.05, 3.63) is 45.3 Å². The second kappa shape index (κ2) is 5.61. The topological polar surface area (TPSA) is 12.0 Å². The zero-order chi connectivity index (χ0) is 11.4. The van der Waals surface area contributed by atoms with Crippen molar-refractivity contribution < 1.29 is 4.39 Å². The maximum atomic E-state index is 12.9. The van der Waals surface area contributed by atoms with Gasteiger partial charge in [0.15, 0.2) is 0 Å². The van der Waals surface area contributed by atoms with E-state index in [1.165, 1.54) is 6.07 Å². The van der Waals surface area contributed by atoms with Crippen LogP contribution in [0.25, 0.3) is 0 Å². The summed E-state index contributed by atoms with van der Waals surface area (Å²) in [5.41, 5.74) is 2.25. The molecule has 1 aromatic rings. The van der Waals surface area contributed by atoms with Crippen LogP contribution < -0.4 is 5.32 Å². The standard InChI is InChI=1S/C12H15FIN/c1-8(2)6-12(15-3)10-5-4-9(13)7-11(10)14/h4-5,7,12,15H,1,6H2,2-3H3. The lowest BCUT2D eigenvalue weighted by atomic mass is 10.0. The van der Waals surface area contributed by atoms with E-state index in [0.29, 0.717) is 0 Å². The van der Waals surface area contributed by atoms with E-state index in [2.05, 4.69) is 34.5 Å². The molecule has 82 valence electrons. The summed E-state index contributed by atoms with van der Waals surface area (Å²) in [5, 5.41) is 3.22. The van der Waals surface area contributed by atoms with E-state index < -0.39 is 0 Å². The maximum absolute atomic E-state index is 12.9. The van der Waals surface area contributed by atoms with E-state index >= 15 is 0 Å². The fourth-order valence-electron chi connectivity index (χ4n) is 1.50. The molecule has 0 saturated carbocycles. The lowest BCUT2D eigenvalue weighted by Crippen LogP contribution is -2.17. The Bertz CT molecular complexity index is 363. The van der Waals surface area contributed by atoms with Gasteiger partial charge in [-0.05, 0) is 60.7 Å². The minimum Gasteiger partial charge on any atom is -0.313 e. The second-order valence-corrected chi connectivity index (χ2v) is 4.83. The number of hydrogen-bond acceptors (Lipinski definition) is 1. The lowest BCUT2D eigenvalue weighted by molar-refractivity contribution is 0.581. The molecule has 0 spiro atoms. The Balaban J connectivity index is 2.96. The molecule has 3 heteroatoms. The number of rotatable bonds is 4. The van der Waals surface area contributed by atoms with Crippen LogP contribution in [0.5, 0.6) is 0 Å². The normalized spacial score (nSPS) is 12.5. The van der Waals surface area contributed by atoms with Crippen LogP contribution in [-0.2, 0) is 0 Å². The molecule has 0 aliphatic heterocycles. The van der Waals surface area contributed by atoms with E-state index in [1.807, 2.05) is 20.0 Å². The van der Waals surface area contributed by atoms with Crippen molar-refractivity contribution in [2.24, 2.45) is 0 Å². The highest BCUT2D eigenvalue weighted by Gasteiger charge is 2.12. The van der Waals surface area contributed by atoms with Gasteiger partial charge < -0.3 is 5.32 Å². The van der Waals surface area contributed by atoms with Gasteiger partial charge in [0.25, 0.3) is 0 Å². The first-order valence-corrected chi connectivity index (χ1v) is 5.89. The van der Waals surface area contributed by atoms with E-state index in [0.717, 1.165) is 21.1 Å². The first-order chi connectivity index (χ1) is 7.04. The first kappa shape index (κ1) is 12.6. The van der Waals surface area contributed by atoms with Crippen molar-refractivity contribution in [2.75, 3.05) is 7.05 Å². The van der Waals surface area contributed by atoms with Gasteiger partial charge in [-0.15, -0.1) is 6.58 Å². The summed E-state index contributed by atoms with van der Waals surface area (Å²) in [6, 6.07) is 5.11. The fraction of sp³-hybridized carbons (Fsp3) is 0.333. The molecular weight excluding hydrogens is 304 g/mol. The molecule has 1 unspecified atom stereocenters. The van der Waals surface area contributed by atoms with Gasteiger partial charge in [-0.25, -0.2) is 4.39 Å². The monoisotopic (exact) mass is 319 g/mol. The molecule has 1 aromatic carbocycles. The smallest absolute Gasteiger partial charge is 0.124 e. The highest BCUT2D eigenvalue weighted by molar-refractivity contribution is 14.1. The SMILES string of the molecule is C=C(C)CC(NC)c1ccc(F)cc1I. The minimum absolute atomic E-state index is 0.187. The molecule has 0 aromatic heterocycles. The zero-order valence-corrected chi connectivity index (χ0v) is 11.1. The highest BCUT2D eigenvalue weighted by atomic mass is 127. The number of benzene rings is 1. The van der Waals surface area contributed by atoms with Crippen LogP contribution in [0.2, 0.25) is 0 Å². The quantitative estimate of drug-likeness (QED) is 0.660. The third-order valence-corrected chi connectivity index (χ3v) is 3.17. The Morgan fingerprint density at radius 2 is 2.27 bits per heavy atom. The van der Waals surface area contributed by atoms with Crippen LogP contribution in [0, 0.1) is 9.39 Å². The molecular formula is C12H15FIN. The highest BCUT2D eigenvalue weighted by Crippen LogP contribution is 2.25. The van der Waals surface area contributed by atoms with Gasteiger partial charge in [-0.3, -0.25) is 0 Å². The molecule has 1 rings (SSSR count). The molecule has 15 heavy (non-hydrogen) atoms. The van der Waals surface area contributed by atoms with Crippen molar-refractivity contribution >= 4 is 22.6 Å². The average Bonchev–Trinajstić information content (AvgIpc) is 2.14. The van der Waals surface area contributed by atoms with Gasteiger partial charge in [0.1, 0.15) is 5.82 Å². The predicted molar refractivity (Wildman–Crippen MR) is 70.3 cm³/mol. The van der Waals surface area contributed by atoms with Gasteiger partial charge in [0, 0.05) is 9.61 Å². The minimum atomic E-state index is -0.187. The van der Waals surface area contributed by atoms with Crippen LogP contribution in [0.1, 0.15) is 24.9 Å². The molecule has 1 nitrogen and oxygen atoms in total. The molecule has 0 radical (unpaired) electrons. The molecule has 1 atom stereocenters. The summed E-state index contributed by atoms with van der Waals surface area (Å²) in [6.07, 6.45) is 0.873. The van der Waals surface area contributed by atoms with Crippen LogP contribution in [0.15, 0.2) is 30.4 Å². The van der Waals surface area contributed by atoms with Crippen LogP contribution in [0.3, 0.4) is 0 Å². The Hall–Kier alpha value is -0.420. The van der Waals surface area contributed by atoms with Crippen LogP contribution in [0.4, 0.5) is 4.39 Å². The maximum Gasteiger partial charge on any atom is 0.124 e. The largest absolute Gasteiger partial charge is 0.313 e. The fourth-order valence-corrected chi connectivity index (χ4v) is 2.35. The zero-order valence-electron chi connectivity index (χ0n) is 8.98. The van der Waals surface area contributed by atoms with Crippen LogP contribution >= 0.6 is 22.6 Å². The molecule has 0 fully saturated rings. The summed E-state index contributed by atoms with van der Waals surface area (Å²) in [4.78, 5) is 0.